The first-order chi connectivity index (χ1) is 6.34. The van der Waals surface area contributed by atoms with Crippen LogP contribution in [0.2, 0.25) is 0 Å². The van der Waals surface area contributed by atoms with E-state index in [2.05, 4.69) is 5.92 Å². The monoisotopic (exact) mass is 179 g/mol. The average molecular weight is 179 g/mol. The average Bonchev–Trinajstić information content (AvgIpc) is 2.42. The van der Waals surface area contributed by atoms with Crippen LogP contribution in [-0.2, 0) is 0 Å². The molecule has 0 aromatic rings. The maximum absolute atomic E-state index is 6.11. The van der Waals surface area contributed by atoms with Crippen LogP contribution in [0.25, 0.3) is 0 Å². The zero-order valence-corrected chi connectivity index (χ0v) is 8.47. The highest BCUT2D eigenvalue weighted by atomic mass is 14.6. The van der Waals surface area contributed by atoms with Crippen molar-refractivity contribution in [3.63, 3.8) is 0 Å². The fourth-order valence-electron chi connectivity index (χ4n) is 2.22. The molecule has 1 saturated carbocycles. The van der Waals surface area contributed by atoms with E-state index in [1.807, 2.05) is 0 Å². The van der Waals surface area contributed by atoms with Crippen LogP contribution in [-0.4, -0.2) is 6.04 Å². The minimum atomic E-state index is 0.356. The summed E-state index contributed by atoms with van der Waals surface area (Å²) < 4.78 is 0. The minimum absolute atomic E-state index is 0.356. The van der Waals surface area contributed by atoms with E-state index in [1.165, 1.54) is 38.5 Å². The van der Waals surface area contributed by atoms with Crippen molar-refractivity contribution in [1.82, 2.24) is 0 Å². The SMILES string of the molecule is C#CCCC(N)C1CCCCCC1. The Morgan fingerprint density at radius 2 is 1.85 bits per heavy atom. The number of nitrogens with two attached hydrogens (primary N) is 1. The van der Waals surface area contributed by atoms with Crippen molar-refractivity contribution in [1.29, 1.82) is 0 Å². The molecule has 1 atom stereocenters. The van der Waals surface area contributed by atoms with E-state index in [1.54, 1.807) is 0 Å². The second-order valence-corrected chi connectivity index (χ2v) is 4.16. The van der Waals surface area contributed by atoms with Crippen LogP contribution in [0.4, 0.5) is 0 Å². The summed E-state index contributed by atoms with van der Waals surface area (Å²) in [5.74, 6) is 3.42. The van der Waals surface area contributed by atoms with Gasteiger partial charge in [-0.3, -0.25) is 0 Å². The summed E-state index contributed by atoms with van der Waals surface area (Å²) >= 11 is 0. The van der Waals surface area contributed by atoms with Crippen LogP contribution >= 0.6 is 0 Å². The summed E-state index contributed by atoms with van der Waals surface area (Å²) in [5.41, 5.74) is 6.11. The van der Waals surface area contributed by atoms with Gasteiger partial charge in [0.05, 0.1) is 0 Å². The van der Waals surface area contributed by atoms with Crippen LogP contribution < -0.4 is 5.73 Å². The Morgan fingerprint density at radius 1 is 1.23 bits per heavy atom. The maximum atomic E-state index is 6.11. The first-order valence-corrected chi connectivity index (χ1v) is 5.53. The Labute approximate surface area is 82.1 Å². The van der Waals surface area contributed by atoms with E-state index in [4.69, 9.17) is 12.2 Å². The van der Waals surface area contributed by atoms with Gasteiger partial charge >= 0.3 is 0 Å². The van der Waals surface area contributed by atoms with Crippen LogP contribution in [0, 0.1) is 18.3 Å². The van der Waals surface area contributed by atoms with Gasteiger partial charge in [-0.15, -0.1) is 12.3 Å². The molecular formula is C12H21N. The highest BCUT2D eigenvalue weighted by Gasteiger charge is 2.18. The van der Waals surface area contributed by atoms with Gasteiger partial charge in [-0.05, 0) is 25.2 Å². The molecule has 74 valence electrons. The number of hydrogen-bond donors (Lipinski definition) is 1. The van der Waals surface area contributed by atoms with Crippen LogP contribution in [0.15, 0.2) is 0 Å². The molecule has 0 saturated heterocycles. The Morgan fingerprint density at radius 3 is 2.38 bits per heavy atom. The topological polar surface area (TPSA) is 26.0 Å². The van der Waals surface area contributed by atoms with Crippen LogP contribution in [0.3, 0.4) is 0 Å². The normalized spacial score (nSPS) is 21.8. The first kappa shape index (κ1) is 10.6. The van der Waals surface area contributed by atoms with Gasteiger partial charge in [0.1, 0.15) is 0 Å². The molecule has 0 spiro atoms. The number of terminal acetylenes is 1. The van der Waals surface area contributed by atoms with Crippen molar-refractivity contribution in [2.45, 2.75) is 57.4 Å². The van der Waals surface area contributed by atoms with Crippen molar-refractivity contribution in [3.8, 4) is 12.3 Å². The largest absolute Gasteiger partial charge is 0.327 e. The lowest BCUT2D eigenvalue weighted by atomic mass is 9.90. The van der Waals surface area contributed by atoms with Crippen molar-refractivity contribution < 1.29 is 0 Å². The van der Waals surface area contributed by atoms with Gasteiger partial charge in [-0.1, -0.05) is 25.7 Å². The zero-order chi connectivity index (χ0) is 9.52. The predicted octanol–water partition coefficient (Wildman–Crippen LogP) is 2.70. The molecule has 0 aromatic carbocycles. The zero-order valence-electron chi connectivity index (χ0n) is 8.47. The lowest BCUT2D eigenvalue weighted by Gasteiger charge is -2.21. The highest BCUT2D eigenvalue weighted by Crippen LogP contribution is 2.26. The summed E-state index contributed by atoms with van der Waals surface area (Å²) in [5, 5.41) is 0. The Bertz CT molecular complexity index is 160. The molecular weight excluding hydrogens is 158 g/mol. The van der Waals surface area contributed by atoms with E-state index in [9.17, 15) is 0 Å². The molecule has 1 heteroatoms. The second-order valence-electron chi connectivity index (χ2n) is 4.16. The van der Waals surface area contributed by atoms with Gasteiger partial charge in [-0.25, -0.2) is 0 Å². The van der Waals surface area contributed by atoms with Crippen molar-refractivity contribution in [3.05, 3.63) is 0 Å². The molecule has 0 aromatic heterocycles. The van der Waals surface area contributed by atoms with E-state index in [0.29, 0.717) is 6.04 Å². The Kier molecular flexibility index (Phi) is 4.93. The Balaban J connectivity index is 2.27. The molecule has 1 fully saturated rings. The van der Waals surface area contributed by atoms with Gasteiger partial charge < -0.3 is 5.73 Å². The molecule has 1 aliphatic rings. The lowest BCUT2D eigenvalue weighted by molar-refractivity contribution is 0.361. The smallest absolute Gasteiger partial charge is 0.0101 e. The van der Waals surface area contributed by atoms with Gasteiger partial charge in [0, 0.05) is 12.5 Å². The minimum Gasteiger partial charge on any atom is -0.327 e. The summed E-state index contributed by atoms with van der Waals surface area (Å²) in [7, 11) is 0. The molecule has 0 heterocycles. The fraction of sp³-hybridized carbons (Fsp3) is 0.833. The van der Waals surface area contributed by atoms with Crippen LogP contribution in [0.5, 0.6) is 0 Å². The summed E-state index contributed by atoms with van der Waals surface area (Å²) in [6.45, 7) is 0. The third-order valence-electron chi connectivity index (χ3n) is 3.13. The van der Waals surface area contributed by atoms with Crippen LogP contribution in [0.1, 0.15) is 51.4 Å². The Hall–Kier alpha value is -0.480. The van der Waals surface area contributed by atoms with Gasteiger partial charge in [0.25, 0.3) is 0 Å². The molecule has 1 nitrogen and oxygen atoms in total. The molecule has 0 aliphatic heterocycles. The molecule has 1 unspecified atom stereocenters. The highest BCUT2D eigenvalue weighted by molar-refractivity contribution is 4.86. The first-order valence-electron chi connectivity index (χ1n) is 5.53. The molecule has 1 aliphatic carbocycles. The van der Waals surface area contributed by atoms with E-state index in [-0.39, 0.29) is 0 Å². The molecule has 0 radical (unpaired) electrons. The van der Waals surface area contributed by atoms with Crippen molar-refractivity contribution >= 4 is 0 Å². The molecule has 13 heavy (non-hydrogen) atoms. The lowest BCUT2D eigenvalue weighted by Crippen LogP contribution is -2.29. The quantitative estimate of drug-likeness (QED) is 0.523. The summed E-state index contributed by atoms with van der Waals surface area (Å²) in [4.78, 5) is 0. The number of rotatable bonds is 3. The standard InChI is InChI=1S/C12H21N/c1-2-3-10-12(13)11-8-6-4-5-7-9-11/h1,11-12H,3-10,13H2. The second kappa shape index (κ2) is 6.05. The van der Waals surface area contributed by atoms with Gasteiger partial charge in [-0.2, -0.15) is 0 Å². The number of hydrogen-bond acceptors (Lipinski definition) is 1. The van der Waals surface area contributed by atoms with E-state index < -0.39 is 0 Å². The van der Waals surface area contributed by atoms with E-state index >= 15 is 0 Å². The van der Waals surface area contributed by atoms with Crippen molar-refractivity contribution in [2.24, 2.45) is 11.7 Å². The molecule has 0 bridgehead atoms. The molecule has 0 amide bonds. The third kappa shape index (κ3) is 3.83. The summed E-state index contributed by atoms with van der Waals surface area (Å²) in [6.07, 6.45) is 15.3. The third-order valence-corrected chi connectivity index (χ3v) is 3.13. The fourth-order valence-corrected chi connectivity index (χ4v) is 2.22. The maximum Gasteiger partial charge on any atom is 0.0101 e. The van der Waals surface area contributed by atoms with Gasteiger partial charge in [0.15, 0.2) is 0 Å². The molecule has 2 N–H and O–H groups in total. The van der Waals surface area contributed by atoms with Gasteiger partial charge in [0.2, 0.25) is 0 Å². The predicted molar refractivity (Wildman–Crippen MR) is 57.2 cm³/mol. The summed E-state index contributed by atoms with van der Waals surface area (Å²) in [6, 6.07) is 0.356. The van der Waals surface area contributed by atoms with E-state index in [0.717, 1.165) is 18.8 Å². The van der Waals surface area contributed by atoms with Crippen molar-refractivity contribution in [2.75, 3.05) is 0 Å². The molecule has 1 rings (SSSR count).